The van der Waals surface area contributed by atoms with Crippen LogP contribution in [0, 0.1) is 6.92 Å². The molecule has 25 heavy (non-hydrogen) atoms. The second-order valence-corrected chi connectivity index (χ2v) is 5.90. The number of nitrogens with one attached hydrogen (secondary N) is 3. The summed E-state index contributed by atoms with van der Waals surface area (Å²) in [4.78, 5) is 35.0. The quantitative estimate of drug-likeness (QED) is 0.534. The zero-order chi connectivity index (χ0) is 18.2. The summed E-state index contributed by atoms with van der Waals surface area (Å²) in [5.74, 6) is -2.00. The zero-order valence-electron chi connectivity index (χ0n) is 13.3. The maximum Gasteiger partial charge on any atom is 0.328 e. The van der Waals surface area contributed by atoms with Crippen molar-refractivity contribution in [3.63, 3.8) is 0 Å². The summed E-state index contributed by atoms with van der Waals surface area (Å²) in [5.41, 5.74) is 5.65. The van der Waals surface area contributed by atoms with Crippen molar-refractivity contribution >= 4 is 39.3 Å². The van der Waals surface area contributed by atoms with E-state index >= 15 is 0 Å². The van der Waals surface area contributed by atoms with Crippen LogP contribution in [0.2, 0.25) is 0 Å². The lowest BCUT2D eigenvalue weighted by Crippen LogP contribution is -2.48. The molecule has 0 saturated heterocycles. The fraction of sp³-hybridized carbons (Fsp3) is 0.118. The molecule has 130 valence electrons. The van der Waals surface area contributed by atoms with Crippen LogP contribution >= 0.6 is 15.9 Å². The van der Waals surface area contributed by atoms with Crippen LogP contribution in [0.5, 0.6) is 5.75 Å². The molecule has 0 aliphatic heterocycles. The van der Waals surface area contributed by atoms with Gasteiger partial charge in [0.05, 0.1) is 4.47 Å². The van der Waals surface area contributed by atoms with Gasteiger partial charge in [-0.1, -0.05) is 24.3 Å². The number of aryl methyl sites for hydroxylation is 1. The molecule has 0 radical (unpaired) electrons. The molecule has 0 aromatic heterocycles. The molecule has 0 spiro atoms. The van der Waals surface area contributed by atoms with Gasteiger partial charge in [-0.15, -0.1) is 0 Å². The maximum absolute atomic E-state index is 11.7. The lowest BCUT2D eigenvalue weighted by molar-refractivity contribution is -0.138. The number of carbonyl (C=O) groups excluding carboxylic acids is 3. The third-order valence-corrected chi connectivity index (χ3v) is 3.62. The SMILES string of the molecule is Cc1ccc(OCC(=O)NNC(=O)C(=O)Nc2ccccc2)c(Br)c1. The van der Waals surface area contributed by atoms with Gasteiger partial charge in [0, 0.05) is 5.69 Å². The van der Waals surface area contributed by atoms with E-state index in [0.29, 0.717) is 15.9 Å². The first-order chi connectivity index (χ1) is 12.0. The van der Waals surface area contributed by atoms with Crippen LogP contribution in [0.25, 0.3) is 0 Å². The Bertz CT molecular complexity index is 781. The number of anilines is 1. The number of hydrogen-bond acceptors (Lipinski definition) is 4. The predicted molar refractivity (Wildman–Crippen MR) is 95.7 cm³/mol. The second-order valence-electron chi connectivity index (χ2n) is 5.05. The highest BCUT2D eigenvalue weighted by Gasteiger charge is 2.14. The Morgan fingerprint density at radius 3 is 2.40 bits per heavy atom. The first kappa shape index (κ1) is 18.5. The van der Waals surface area contributed by atoms with Gasteiger partial charge in [0.15, 0.2) is 6.61 Å². The van der Waals surface area contributed by atoms with Crippen molar-refractivity contribution in [3.05, 3.63) is 58.6 Å². The van der Waals surface area contributed by atoms with Gasteiger partial charge in [0.2, 0.25) is 0 Å². The van der Waals surface area contributed by atoms with E-state index in [1.54, 1.807) is 36.4 Å². The first-order valence-electron chi connectivity index (χ1n) is 7.30. The van der Waals surface area contributed by atoms with Crippen molar-refractivity contribution in [3.8, 4) is 5.75 Å². The van der Waals surface area contributed by atoms with Crippen LogP contribution in [0.4, 0.5) is 5.69 Å². The third kappa shape index (κ3) is 5.92. The summed E-state index contributed by atoms with van der Waals surface area (Å²) < 4.78 is 6.05. The Kier molecular flexibility index (Phi) is 6.53. The monoisotopic (exact) mass is 405 g/mol. The van der Waals surface area contributed by atoms with Crippen molar-refractivity contribution in [2.24, 2.45) is 0 Å². The average molecular weight is 406 g/mol. The second kappa shape index (κ2) is 8.84. The van der Waals surface area contributed by atoms with E-state index in [4.69, 9.17) is 4.74 Å². The minimum absolute atomic E-state index is 0.317. The Balaban J connectivity index is 1.75. The van der Waals surface area contributed by atoms with Crippen LogP contribution in [-0.4, -0.2) is 24.3 Å². The van der Waals surface area contributed by atoms with E-state index in [0.717, 1.165) is 5.56 Å². The average Bonchev–Trinajstić information content (AvgIpc) is 2.59. The molecule has 0 unspecified atom stereocenters. The topological polar surface area (TPSA) is 96.5 Å². The van der Waals surface area contributed by atoms with Crippen molar-refractivity contribution in [1.82, 2.24) is 10.9 Å². The minimum Gasteiger partial charge on any atom is -0.483 e. The standard InChI is InChI=1S/C17H16BrN3O4/c1-11-7-8-14(13(18)9-11)25-10-15(22)20-21-17(24)16(23)19-12-5-3-2-4-6-12/h2-9H,10H2,1H3,(H,19,23)(H,20,22)(H,21,24). The van der Waals surface area contributed by atoms with Crippen LogP contribution in [0.15, 0.2) is 53.0 Å². The molecule has 0 saturated carbocycles. The Labute approximate surface area is 152 Å². The molecule has 0 fully saturated rings. The number of hydrogen-bond donors (Lipinski definition) is 3. The van der Waals surface area contributed by atoms with Crippen LogP contribution in [-0.2, 0) is 14.4 Å². The number of ether oxygens (including phenoxy) is 1. The molecule has 0 heterocycles. The van der Waals surface area contributed by atoms with Crippen molar-refractivity contribution in [2.45, 2.75) is 6.92 Å². The van der Waals surface area contributed by atoms with Crippen LogP contribution in [0.3, 0.4) is 0 Å². The highest BCUT2D eigenvalue weighted by molar-refractivity contribution is 9.10. The summed E-state index contributed by atoms with van der Waals surface area (Å²) in [7, 11) is 0. The van der Waals surface area contributed by atoms with Gasteiger partial charge in [0.25, 0.3) is 5.91 Å². The predicted octanol–water partition coefficient (Wildman–Crippen LogP) is 1.92. The summed E-state index contributed by atoms with van der Waals surface area (Å²) in [6, 6.07) is 13.9. The van der Waals surface area contributed by atoms with Gasteiger partial charge >= 0.3 is 11.8 Å². The molecule has 3 N–H and O–H groups in total. The summed E-state index contributed by atoms with van der Waals surface area (Å²) in [5, 5.41) is 2.40. The number of para-hydroxylation sites is 1. The number of hydrazine groups is 1. The number of benzene rings is 2. The fourth-order valence-electron chi connectivity index (χ4n) is 1.79. The number of rotatable bonds is 4. The number of halogens is 1. The minimum atomic E-state index is -0.992. The van der Waals surface area contributed by atoms with E-state index in [1.807, 2.05) is 24.5 Å². The normalized spacial score (nSPS) is 9.84. The molecule has 0 bridgehead atoms. The smallest absolute Gasteiger partial charge is 0.328 e. The Morgan fingerprint density at radius 1 is 1.00 bits per heavy atom. The third-order valence-electron chi connectivity index (χ3n) is 3.00. The highest BCUT2D eigenvalue weighted by atomic mass is 79.9. The first-order valence-corrected chi connectivity index (χ1v) is 8.09. The van der Waals surface area contributed by atoms with E-state index in [1.165, 1.54) is 0 Å². The molecule has 2 aromatic rings. The van der Waals surface area contributed by atoms with Crippen LogP contribution < -0.4 is 20.9 Å². The van der Waals surface area contributed by atoms with E-state index in [9.17, 15) is 14.4 Å². The van der Waals surface area contributed by atoms with Crippen molar-refractivity contribution in [2.75, 3.05) is 11.9 Å². The number of carbonyl (C=O) groups is 3. The molecule has 2 aromatic carbocycles. The molecular formula is C17H16BrN3O4. The lowest BCUT2D eigenvalue weighted by atomic mass is 10.2. The van der Waals surface area contributed by atoms with Gasteiger partial charge in [-0.05, 0) is 52.7 Å². The molecule has 8 heteroatoms. The van der Waals surface area contributed by atoms with E-state index < -0.39 is 17.7 Å². The molecule has 0 aliphatic carbocycles. The van der Waals surface area contributed by atoms with Gasteiger partial charge in [-0.25, -0.2) is 0 Å². The largest absolute Gasteiger partial charge is 0.483 e. The molecule has 0 aliphatic rings. The Morgan fingerprint density at radius 2 is 1.72 bits per heavy atom. The van der Waals surface area contributed by atoms with Gasteiger partial charge in [-0.3, -0.25) is 25.2 Å². The summed E-state index contributed by atoms with van der Waals surface area (Å²) >= 11 is 3.33. The Hall–Kier alpha value is -2.87. The molecule has 3 amide bonds. The molecule has 0 atom stereocenters. The van der Waals surface area contributed by atoms with Gasteiger partial charge in [0.1, 0.15) is 5.75 Å². The van der Waals surface area contributed by atoms with Crippen molar-refractivity contribution in [1.29, 1.82) is 0 Å². The van der Waals surface area contributed by atoms with Gasteiger partial charge in [-0.2, -0.15) is 0 Å². The summed E-state index contributed by atoms with van der Waals surface area (Å²) in [6.45, 7) is 1.61. The lowest BCUT2D eigenvalue weighted by Gasteiger charge is -2.10. The summed E-state index contributed by atoms with van der Waals surface area (Å²) in [6.07, 6.45) is 0. The zero-order valence-corrected chi connectivity index (χ0v) is 14.9. The van der Waals surface area contributed by atoms with E-state index in [2.05, 4.69) is 26.7 Å². The molecule has 2 rings (SSSR count). The van der Waals surface area contributed by atoms with Crippen molar-refractivity contribution < 1.29 is 19.1 Å². The fourth-order valence-corrected chi connectivity index (χ4v) is 2.40. The molecular weight excluding hydrogens is 390 g/mol. The van der Waals surface area contributed by atoms with Gasteiger partial charge < -0.3 is 10.1 Å². The van der Waals surface area contributed by atoms with E-state index in [-0.39, 0.29) is 6.61 Å². The molecule has 7 nitrogen and oxygen atoms in total. The number of amides is 3. The highest BCUT2D eigenvalue weighted by Crippen LogP contribution is 2.25. The maximum atomic E-state index is 11.7. The van der Waals surface area contributed by atoms with Crippen LogP contribution in [0.1, 0.15) is 5.56 Å².